The Balaban J connectivity index is 0.00000225. The molecule has 0 radical (unpaired) electrons. The summed E-state index contributed by atoms with van der Waals surface area (Å²) < 4.78 is 11.5. The Morgan fingerprint density at radius 1 is 1.21 bits per heavy atom. The normalized spacial score (nSPS) is 15.8. The molecule has 1 amide bonds. The van der Waals surface area contributed by atoms with Gasteiger partial charge in [0, 0.05) is 25.3 Å². The molecule has 2 N–H and O–H groups in total. The molecule has 1 aliphatic heterocycles. The number of piperidine rings is 1. The maximum Gasteiger partial charge on any atom is 0.256 e. The number of hydrogen-bond donors (Lipinski definition) is 2. The number of anilines is 1. The molecule has 3 aromatic rings. The van der Waals surface area contributed by atoms with Gasteiger partial charge in [0.05, 0.1) is 0 Å². The molecule has 2 heterocycles. The Morgan fingerprint density at radius 2 is 1.96 bits per heavy atom. The number of nitrogens with one attached hydrogen (secondary N) is 2. The zero-order chi connectivity index (χ0) is 18.7. The number of amides is 1. The van der Waals surface area contributed by atoms with Crippen molar-refractivity contribution in [3.05, 3.63) is 60.0 Å². The highest BCUT2D eigenvalue weighted by molar-refractivity contribution is 5.98. The summed E-state index contributed by atoms with van der Waals surface area (Å²) in [5.74, 6) is 0.543. The Morgan fingerprint density at radius 3 is 2.68 bits per heavy atom. The van der Waals surface area contributed by atoms with Crippen LogP contribution in [0.4, 0.5) is 5.69 Å². The van der Waals surface area contributed by atoms with Gasteiger partial charge in [0.2, 0.25) is 0 Å². The van der Waals surface area contributed by atoms with Crippen molar-refractivity contribution in [3.63, 3.8) is 0 Å². The highest BCUT2D eigenvalue weighted by Crippen LogP contribution is 2.26. The number of carbonyl (C=O) groups is 1. The van der Waals surface area contributed by atoms with E-state index in [1.165, 1.54) is 0 Å². The van der Waals surface area contributed by atoms with Crippen LogP contribution < -0.4 is 10.6 Å². The van der Waals surface area contributed by atoms with Crippen molar-refractivity contribution in [1.82, 2.24) is 10.3 Å². The highest BCUT2D eigenvalue weighted by Gasteiger charge is 2.39. The van der Waals surface area contributed by atoms with Gasteiger partial charge >= 0.3 is 0 Å². The van der Waals surface area contributed by atoms with Gasteiger partial charge in [-0.15, -0.1) is 12.4 Å². The van der Waals surface area contributed by atoms with Crippen molar-refractivity contribution >= 4 is 35.1 Å². The first-order valence-corrected chi connectivity index (χ1v) is 9.19. The molecule has 0 bridgehead atoms. The number of halogens is 1. The second-order valence-corrected chi connectivity index (χ2v) is 6.86. The molecule has 0 spiro atoms. The molecule has 148 valence electrons. The topological polar surface area (TPSA) is 76.4 Å². The lowest BCUT2D eigenvalue weighted by Gasteiger charge is -2.34. The molecule has 0 aliphatic carbocycles. The van der Waals surface area contributed by atoms with E-state index in [2.05, 4.69) is 15.6 Å². The fraction of sp³-hybridized carbons (Fsp3) is 0.333. The van der Waals surface area contributed by atoms with Crippen LogP contribution in [0.1, 0.15) is 24.3 Å². The predicted octanol–water partition coefficient (Wildman–Crippen LogP) is 3.55. The Bertz CT molecular complexity index is 936. The molecule has 1 aliphatic rings. The van der Waals surface area contributed by atoms with Crippen LogP contribution in [0.2, 0.25) is 0 Å². The number of benzene rings is 2. The van der Waals surface area contributed by atoms with Crippen LogP contribution in [0.5, 0.6) is 0 Å². The Labute approximate surface area is 170 Å². The van der Waals surface area contributed by atoms with Gasteiger partial charge in [-0.3, -0.25) is 4.79 Å². The van der Waals surface area contributed by atoms with E-state index in [1.54, 1.807) is 7.11 Å². The van der Waals surface area contributed by atoms with Crippen molar-refractivity contribution < 1.29 is 13.9 Å². The summed E-state index contributed by atoms with van der Waals surface area (Å²) in [4.78, 5) is 17.3. The summed E-state index contributed by atoms with van der Waals surface area (Å²) >= 11 is 0. The molecular formula is C21H24ClN3O3. The van der Waals surface area contributed by atoms with Gasteiger partial charge in [0.25, 0.3) is 5.91 Å². The Hall–Kier alpha value is -2.41. The third-order valence-corrected chi connectivity index (χ3v) is 5.10. The second-order valence-electron chi connectivity index (χ2n) is 6.86. The number of ether oxygens (including phenoxy) is 1. The van der Waals surface area contributed by atoms with Gasteiger partial charge in [-0.1, -0.05) is 30.3 Å². The van der Waals surface area contributed by atoms with Crippen molar-refractivity contribution in [2.75, 3.05) is 25.5 Å². The quantitative estimate of drug-likeness (QED) is 0.683. The molecule has 0 atom stereocenters. The summed E-state index contributed by atoms with van der Waals surface area (Å²) in [6.45, 7) is 1.54. The first-order valence-electron chi connectivity index (χ1n) is 9.19. The lowest BCUT2D eigenvalue weighted by atomic mass is 9.91. The minimum Gasteiger partial charge on any atom is -0.440 e. The fourth-order valence-electron chi connectivity index (χ4n) is 3.50. The molecule has 1 aromatic heterocycles. The SMILES string of the molecule is COC1(C(=O)Nc2ccc3nc(Cc4ccccc4)oc3c2)CCNCC1.Cl. The van der Waals surface area contributed by atoms with Crippen molar-refractivity contribution in [2.24, 2.45) is 0 Å². The molecule has 6 nitrogen and oxygen atoms in total. The molecule has 7 heteroatoms. The first-order chi connectivity index (χ1) is 13.2. The standard InChI is InChI=1S/C21H23N3O3.ClH/c1-26-21(9-11-22-12-10-21)20(25)23-16-7-8-17-18(14-16)27-19(24-17)13-15-5-3-2-4-6-15;/h2-8,14,22H,9-13H2,1H3,(H,23,25);1H. The molecular weight excluding hydrogens is 378 g/mol. The molecule has 4 rings (SSSR count). The minimum absolute atomic E-state index is 0. The molecule has 1 saturated heterocycles. The summed E-state index contributed by atoms with van der Waals surface area (Å²) in [5, 5.41) is 6.23. The van der Waals surface area contributed by atoms with Gasteiger partial charge < -0.3 is 19.8 Å². The Kier molecular flexibility index (Phi) is 6.34. The van der Waals surface area contributed by atoms with Gasteiger partial charge in [0.15, 0.2) is 11.5 Å². The van der Waals surface area contributed by atoms with Crippen LogP contribution in [0.15, 0.2) is 52.9 Å². The molecule has 1 fully saturated rings. The third-order valence-electron chi connectivity index (χ3n) is 5.10. The maximum absolute atomic E-state index is 12.8. The number of rotatable bonds is 5. The minimum atomic E-state index is -0.778. The van der Waals surface area contributed by atoms with Crippen LogP contribution in [-0.2, 0) is 16.0 Å². The van der Waals surface area contributed by atoms with E-state index < -0.39 is 5.60 Å². The van der Waals surface area contributed by atoms with Crippen molar-refractivity contribution in [3.8, 4) is 0 Å². The summed E-state index contributed by atoms with van der Waals surface area (Å²) in [5.41, 5.74) is 2.49. The van der Waals surface area contributed by atoms with Crippen LogP contribution in [0.25, 0.3) is 11.1 Å². The average molecular weight is 402 g/mol. The highest BCUT2D eigenvalue weighted by atomic mass is 35.5. The number of hydrogen-bond acceptors (Lipinski definition) is 5. The van der Waals surface area contributed by atoms with Gasteiger partial charge in [-0.2, -0.15) is 0 Å². The summed E-state index contributed by atoms with van der Waals surface area (Å²) in [6.07, 6.45) is 1.94. The van der Waals surface area contributed by atoms with E-state index in [1.807, 2.05) is 48.5 Å². The largest absolute Gasteiger partial charge is 0.440 e. The lowest BCUT2D eigenvalue weighted by Crippen LogP contribution is -2.51. The number of carbonyl (C=O) groups excluding carboxylic acids is 1. The van der Waals surface area contributed by atoms with Crippen LogP contribution >= 0.6 is 12.4 Å². The number of nitrogens with zero attached hydrogens (tertiary/aromatic N) is 1. The van der Waals surface area contributed by atoms with Crippen LogP contribution in [0.3, 0.4) is 0 Å². The molecule has 0 unspecified atom stereocenters. The third kappa shape index (κ3) is 4.19. The second kappa shape index (κ2) is 8.73. The van der Waals surface area contributed by atoms with Crippen molar-refractivity contribution in [1.29, 1.82) is 0 Å². The zero-order valence-corrected chi connectivity index (χ0v) is 16.6. The van der Waals surface area contributed by atoms with Gasteiger partial charge in [-0.05, 0) is 43.6 Å². The van der Waals surface area contributed by atoms with E-state index in [9.17, 15) is 4.79 Å². The van der Waals surface area contributed by atoms with Crippen LogP contribution in [0, 0.1) is 0 Å². The molecule has 2 aromatic carbocycles. The fourth-order valence-corrected chi connectivity index (χ4v) is 3.50. The smallest absolute Gasteiger partial charge is 0.256 e. The van der Waals surface area contributed by atoms with Crippen LogP contribution in [-0.4, -0.2) is 36.7 Å². The molecule has 28 heavy (non-hydrogen) atoms. The lowest BCUT2D eigenvalue weighted by molar-refractivity contribution is -0.140. The van der Waals surface area contributed by atoms with Crippen molar-refractivity contribution in [2.45, 2.75) is 24.9 Å². The van der Waals surface area contributed by atoms with E-state index in [0.717, 1.165) is 24.2 Å². The zero-order valence-electron chi connectivity index (χ0n) is 15.7. The predicted molar refractivity (Wildman–Crippen MR) is 111 cm³/mol. The summed E-state index contributed by atoms with van der Waals surface area (Å²) in [6, 6.07) is 15.6. The number of aromatic nitrogens is 1. The monoisotopic (exact) mass is 401 g/mol. The molecule has 0 saturated carbocycles. The van der Waals surface area contributed by atoms with Gasteiger partial charge in [-0.25, -0.2) is 4.98 Å². The number of oxazole rings is 1. The van der Waals surface area contributed by atoms with Gasteiger partial charge in [0.1, 0.15) is 11.1 Å². The van der Waals surface area contributed by atoms with E-state index >= 15 is 0 Å². The number of fused-ring (bicyclic) bond motifs is 1. The van der Waals surface area contributed by atoms with E-state index in [-0.39, 0.29) is 18.3 Å². The average Bonchev–Trinajstić information content (AvgIpc) is 3.10. The summed E-state index contributed by atoms with van der Waals surface area (Å²) in [7, 11) is 1.60. The van der Waals surface area contributed by atoms with E-state index in [4.69, 9.17) is 9.15 Å². The van der Waals surface area contributed by atoms with E-state index in [0.29, 0.717) is 36.4 Å². The number of methoxy groups -OCH3 is 1. The maximum atomic E-state index is 12.8. The first kappa shape index (κ1) is 20.3.